The number of aliphatic hydroxyl groups is 1. The Morgan fingerprint density at radius 3 is 2.10 bits per heavy atom. The van der Waals surface area contributed by atoms with Crippen molar-refractivity contribution in [2.75, 3.05) is 40.9 Å². The second kappa shape index (κ2) is 25.0. The van der Waals surface area contributed by atoms with E-state index in [4.69, 9.17) is 9.05 Å². The van der Waals surface area contributed by atoms with Gasteiger partial charge in [0.1, 0.15) is 13.2 Å². The zero-order chi connectivity index (χ0) is 30.8. The quantitative estimate of drug-likeness (QED) is 0.0518. The lowest BCUT2D eigenvalue weighted by atomic mass is 10.1. The van der Waals surface area contributed by atoms with Crippen LogP contribution in [0.3, 0.4) is 0 Å². The van der Waals surface area contributed by atoms with Gasteiger partial charge in [-0.2, -0.15) is 0 Å². The lowest BCUT2D eigenvalue weighted by molar-refractivity contribution is -0.870. The molecule has 0 saturated carbocycles. The van der Waals surface area contributed by atoms with Gasteiger partial charge in [-0.05, 0) is 58.3 Å². The highest BCUT2D eigenvalue weighted by atomic mass is 31.2. The summed E-state index contributed by atoms with van der Waals surface area (Å²) in [5.41, 5.74) is 0. The van der Waals surface area contributed by atoms with Crippen molar-refractivity contribution in [3.63, 3.8) is 0 Å². The van der Waals surface area contributed by atoms with Crippen molar-refractivity contribution in [3.05, 3.63) is 48.6 Å². The van der Waals surface area contributed by atoms with Gasteiger partial charge in [-0.1, -0.05) is 81.2 Å². The fraction of sp³-hybridized carbons (Fsp3) is 0.719. The van der Waals surface area contributed by atoms with Crippen molar-refractivity contribution in [2.45, 2.75) is 109 Å². The van der Waals surface area contributed by atoms with Crippen LogP contribution in [0.1, 0.15) is 97.3 Å². The second-order valence-electron chi connectivity index (χ2n) is 11.4. The molecule has 238 valence electrons. The van der Waals surface area contributed by atoms with Gasteiger partial charge in [0.25, 0.3) is 7.82 Å². The van der Waals surface area contributed by atoms with Crippen LogP contribution < -0.4 is 10.2 Å². The number of amides is 1. The third-order valence-electron chi connectivity index (χ3n) is 6.33. The van der Waals surface area contributed by atoms with Gasteiger partial charge >= 0.3 is 0 Å². The maximum absolute atomic E-state index is 12.6. The molecule has 0 aromatic rings. The molecule has 3 atom stereocenters. The van der Waals surface area contributed by atoms with E-state index in [1.807, 2.05) is 40.2 Å². The van der Waals surface area contributed by atoms with Crippen LogP contribution in [-0.4, -0.2) is 68.5 Å². The summed E-state index contributed by atoms with van der Waals surface area (Å²) < 4.78 is 22.9. The molecule has 8 nitrogen and oxygen atoms in total. The van der Waals surface area contributed by atoms with Gasteiger partial charge in [0.15, 0.2) is 0 Å². The van der Waals surface area contributed by atoms with E-state index in [1.165, 1.54) is 12.8 Å². The Hall–Kier alpha value is -1.54. The number of aliphatic hydroxyl groups excluding tert-OH is 1. The molecule has 0 spiro atoms. The summed E-state index contributed by atoms with van der Waals surface area (Å²) in [6, 6.07) is -0.910. The fourth-order valence-corrected chi connectivity index (χ4v) is 4.48. The van der Waals surface area contributed by atoms with Gasteiger partial charge in [0.05, 0.1) is 39.9 Å². The molecule has 0 aromatic carbocycles. The Morgan fingerprint density at radius 1 is 0.878 bits per heavy atom. The van der Waals surface area contributed by atoms with Crippen LogP contribution in [0.2, 0.25) is 0 Å². The van der Waals surface area contributed by atoms with E-state index < -0.39 is 26.6 Å². The zero-order valence-electron chi connectivity index (χ0n) is 26.5. The minimum atomic E-state index is -4.58. The lowest BCUT2D eigenvalue weighted by Crippen LogP contribution is -2.45. The van der Waals surface area contributed by atoms with Gasteiger partial charge in [-0.25, -0.2) is 0 Å². The molecule has 0 heterocycles. The number of hydrogen-bond acceptors (Lipinski definition) is 6. The molecule has 0 aliphatic rings. The molecule has 0 bridgehead atoms. The van der Waals surface area contributed by atoms with Gasteiger partial charge < -0.3 is 28.8 Å². The van der Waals surface area contributed by atoms with E-state index in [-0.39, 0.29) is 12.5 Å². The number of likely N-dealkylation sites (N-methyl/N-ethyl adjacent to an activating group) is 1. The van der Waals surface area contributed by atoms with Crippen molar-refractivity contribution in [1.29, 1.82) is 0 Å². The molecule has 0 aliphatic carbocycles. The minimum Gasteiger partial charge on any atom is -0.756 e. The molecule has 3 unspecified atom stereocenters. The molecule has 0 rings (SSSR count). The smallest absolute Gasteiger partial charge is 0.268 e. The number of carbonyl (C=O) groups excluding carboxylic acids is 1. The summed E-state index contributed by atoms with van der Waals surface area (Å²) in [6.07, 6.45) is 27.6. The van der Waals surface area contributed by atoms with Crippen LogP contribution in [0.15, 0.2) is 48.6 Å². The Morgan fingerprint density at radius 2 is 1.46 bits per heavy atom. The molecule has 0 aliphatic heterocycles. The highest BCUT2D eigenvalue weighted by Crippen LogP contribution is 2.38. The minimum absolute atomic E-state index is 0.0134. The molecule has 2 N–H and O–H groups in total. The third kappa shape index (κ3) is 27.1. The van der Waals surface area contributed by atoms with Crippen LogP contribution in [0, 0.1) is 0 Å². The van der Waals surface area contributed by atoms with Crippen molar-refractivity contribution in [3.8, 4) is 0 Å². The fourth-order valence-electron chi connectivity index (χ4n) is 3.76. The summed E-state index contributed by atoms with van der Waals surface area (Å²) in [6.45, 7) is 4.26. The van der Waals surface area contributed by atoms with Gasteiger partial charge in [-0.15, -0.1) is 0 Å². The molecular formula is C32H59N2O6P. The Labute approximate surface area is 250 Å². The van der Waals surface area contributed by atoms with Crippen molar-refractivity contribution in [1.82, 2.24) is 5.32 Å². The van der Waals surface area contributed by atoms with E-state index in [2.05, 4.69) is 42.6 Å². The first-order chi connectivity index (χ1) is 19.5. The Kier molecular flexibility index (Phi) is 24.1. The van der Waals surface area contributed by atoms with E-state index in [9.17, 15) is 19.4 Å². The predicted octanol–water partition coefficient (Wildman–Crippen LogP) is 6.38. The average molecular weight is 599 g/mol. The van der Waals surface area contributed by atoms with Gasteiger partial charge in [0, 0.05) is 6.42 Å². The number of unbranched alkanes of at least 4 members (excludes halogenated alkanes) is 8. The van der Waals surface area contributed by atoms with Crippen LogP contribution in [0.4, 0.5) is 0 Å². The first kappa shape index (κ1) is 39.5. The van der Waals surface area contributed by atoms with E-state index in [1.54, 1.807) is 6.08 Å². The predicted molar refractivity (Wildman–Crippen MR) is 168 cm³/mol. The van der Waals surface area contributed by atoms with E-state index >= 15 is 0 Å². The summed E-state index contributed by atoms with van der Waals surface area (Å²) >= 11 is 0. The molecule has 0 saturated heterocycles. The number of nitrogens with one attached hydrogen (secondary N) is 1. The van der Waals surface area contributed by atoms with Crippen LogP contribution in [-0.2, 0) is 18.4 Å². The van der Waals surface area contributed by atoms with Crippen LogP contribution in [0.25, 0.3) is 0 Å². The van der Waals surface area contributed by atoms with Crippen LogP contribution >= 0.6 is 7.82 Å². The van der Waals surface area contributed by atoms with E-state index in [0.717, 1.165) is 64.2 Å². The number of phosphoric acid groups is 1. The topological polar surface area (TPSA) is 108 Å². The Balaban J connectivity index is 4.76. The number of allylic oxidation sites excluding steroid dienone is 7. The summed E-state index contributed by atoms with van der Waals surface area (Å²) in [7, 11) is 1.21. The van der Waals surface area contributed by atoms with Gasteiger partial charge in [0.2, 0.25) is 5.91 Å². The SMILES string of the molecule is C/C=C/CC/C=C/CC/C=C/C(O)C(COP(=O)([O-])OCC[N+](C)(C)C)NC(=O)CCCCCC/C=C\CCCC. The number of rotatable bonds is 26. The molecule has 41 heavy (non-hydrogen) atoms. The molecule has 0 aromatic heterocycles. The highest BCUT2D eigenvalue weighted by molar-refractivity contribution is 7.45. The van der Waals surface area contributed by atoms with E-state index in [0.29, 0.717) is 17.4 Å². The number of quaternary nitrogens is 1. The third-order valence-corrected chi connectivity index (χ3v) is 7.30. The number of carbonyl (C=O) groups is 1. The molecule has 0 fully saturated rings. The summed E-state index contributed by atoms with van der Waals surface area (Å²) in [4.78, 5) is 24.9. The standard InChI is InChI=1S/C32H59N2O6P/c1-6-8-10-12-14-16-18-20-22-24-26-32(36)33-30(29-40-41(37,38)39-28-27-34(3,4)5)31(35)25-23-21-19-17-15-13-11-9-7-2/h7,9,12,14-15,17,23,25,30-31,35H,6,8,10-11,13,16,18-22,24,26-29H2,1-5H3,(H-,33,36,37,38)/b9-7+,14-12-,17-15+,25-23+. The Bertz CT molecular complexity index is 819. The average Bonchev–Trinajstić information content (AvgIpc) is 2.90. The number of hydrogen-bond donors (Lipinski definition) is 2. The highest BCUT2D eigenvalue weighted by Gasteiger charge is 2.23. The maximum atomic E-state index is 12.6. The first-order valence-electron chi connectivity index (χ1n) is 15.5. The normalized spacial score (nSPS) is 15.8. The number of nitrogens with zero attached hydrogens (tertiary/aromatic N) is 1. The molecule has 1 amide bonds. The summed E-state index contributed by atoms with van der Waals surface area (Å²) in [5.74, 6) is -0.235. The molecular weight excluding hydrogens is 539 g/mol. The van der Waals surface area contributed by atoms with Crippen molar-refractivity contribution >= 4 is 13.7 Å². The summed E-state index contributed by atoms with van der Waals surface area (Å²) in [5, 5.41) is 13.5. The van der Waals surface area contributed by atoms with Gasteiger partial charge in [-0.3, -0.25) is 9.36 Å². The monoisotopic (exact) mass is 598 g/mol. The molecule has 9 heteroatoms. The zero-order valence-corrected chi connectivity index (χ0v) is 27.4. The van der Waals surface area contributed by atoms with Crippen molar-refractivity contribution in [2.24, 2.45) is 0 Å². The van der Waals surface area contributed by atoms with Crippen molar-refractivity contribution < 1.29 is 32.9 Å². The second-order valence-corrected chi connectivity index (χ2v) is 12.9. The molecule has 0 radical (unpaired) electrons. The maximum Gasteiger partial charge on any atom is 0.268 e. The van der Waals surface area contributed by atoms with Crippen LogP contribution in [0.5, 0.6) is 0 Å². The number of phosphoric ester groups is 1. The lowest BCUT2D eigenvalue weighted by Gasteiger charge is -2.29. The first-order valence-corrected chi connectivity index (χ1v) is 16.9. The largest absolute Gasteiger partial charge is 0.756 e.